The van der Waals surface area contributed by atoms with Gasteiger partial charge in [-0.15, -0.1) is 0 Å². The molecule has 4 fully saturated rings. The van der Waals surface area contributed by atoms with E-state index in [1.807, 2.05) is 0 Å². The Kier molecular flexibility index (Phi) is 7.75. The predicted molar refractivity (Wildman–Crippen MR) is 186 cm³/mol. The highest BCUT2D eigenvalue weighted by molar-refractivity contribution is 6.49. The Morgan fingerprint density at radius 2 is 0.429 bits per heavy atom. The molecule has 22 nitrogen and oxygen atoms in total. The van der Waals surface area contributed by atoms with E-state index in [1.54, 1.807) is 0 Å². The highest BCUT2D eigenvalue weighted by Gasteiger charge is 2.44. The Bertz CT molecular complexity index is 2400. The summed E-state index contributed by atoms with van der Waals surface area (Å²) in [5.74, 6) is -8.80. The smallest absolute Gasteiger partial charge is 0.333 e. The summed E-state index contributed by atoms with van der Waals surface area (Å²) in [6.07, 6.45) is 0. The zero-order chi connectivity index (χ0) is 41.3. The Labute approximate surface area is 311 Å². The average Bonchev–Trinajstić information content (AvgIpc) is 3.71. The van der Waals surface area contributed by atoms with Crippen molar-refractivity contribution in [2.24, 2.45) is 0 Å². The van der Waals surface area contributed by atoms with E-state index in [1.165, 1.54) is 12.1 Å². The first-order chi connectivity index (χ1) is 26.1. The molecule has 0 atom stereocenters. The lowest BCUT2D eigenvalue weighted by molar-refractivity contribution is -0.132. The van der Waals surface area contributed by atoms with Crippen LogP contribution in [0, 0.1) is 0 Å². The third-order valence-corrected chi connectivity index (χ3v) is 10.2. The fourth-order valence-corrected chi connectivity index (χ4v) is 6.89. The van der Waals surface area contributed by atoms with Gasteiger partial charge in [0, 0.05) is 77.9 Å². The topological polar surface area (TPSA) is 262 Å². The molecule has 0 bridgehead atoms. The first kappa shape index (κ1) is 36.6. The Balaban J connectivity index is 1.80. The number of aromatic nitrogens is 2. The number of benzene rings is 1. The van der Waals surface area contributed by atoms with E-state index in [4.69, 9.17) is 0 Å². The van der Waals surface area contributed by atoms with Gasteiger partial charge in [0.1, 0.15) is 22.3 Å². The molecule has 0 spiro atoms. The lowest BCUT2D eigenvalue weighted by atomic mass is 10.0. The van der Waals surface area contributed by atoms with Crippen LogP contribution in [0.3, 0.4) is 0 Å². The largest absolute Gasteiger partial charge is 0.353 e. The second-order valence-corrected chi connectivity index (χ2v) is 13.2. The lowest BCUT2D eigenvalue weighted by Gasteiger charge is -2.29. The van der Waals surface area contributed by atoms with Crippen molar-refractivity contribution in [3.8, 4) is 0 Å². The molecule has 0 aliphatic carbocycles. The van der Waals surface area contributed by atoms with Gasteiger partial charge in [0.15, 0.2) is 0 Å². The van der Waals surface area contributed by atoms with E-state index < -0.39 is 93.7 Å². The number of H-pyrrole nitrogens is 2. The molecule has 4 aliphatic rings. The number of carbonyl (C=O) groups is 12. The summed E-state index contributed by atoms with van der Waals surface area (Å²) in [5, 5.41) is -1.86. The second kappa shape index (κ2) is 11.9. The number of aromatic amines is 2. The lowest BCUT2D eigenvalue weighted by Crippen LogP contribution is -2.54. The molecule has 0 saturated carbocycles. The van der Waals surface area contributed by atoms with Crippen LogP contribution in [0.5, 0.6) is 0 Å². The molecule has 4 saturated heterocycles. The van der Waals surface area contributed by atoms with E-state index in [0.29, 0.717) is 39.2 Å². The minimum atomic E-state index is -1.10. The van der Waals surface area contributed by atoms with Crippen LogP contribution < -0.4 is 21.4 Å². The van der Waals surface area contributed by atoms with E-state index >= 15 is 0 Å². The summed E-state index contributed by atoms with van der Waals surface area (Å²) in [6, 6.07) is -1.44. The van der Waals surface area contributed by atoms with Crippen LogP contribution in [0.2, 0.25) is 0 Å². The highest BCUT2D eigenvalue weighted by Crippen LogP contribution is 2.24. The number of amides is 16. The van der Waals surface area contributed by atoms with Crippen molar-refractivity contribution in [2.75, 3.05) is 56.4 Å². The molecule has 286 valence electrons. The first-order valence-corrected chi connectivity index (χ1v) is 16.3. The molecule has 0 radical (unpaired) electrons. The van der Waals surface area contributed by atoms with E-state index in [2.05, 4.69) is 9.97 Å². The first-order valence-electron chi connectivity index (χ1n) is 16.3. The molecular formula is C34H28N10O12. The molecule has 0 unspecified atom stereocenters. The van der Waals surface area contributed by atoms with E-state index in [9.17, 15) is 57.5 Å². The molecule has 1 aromatic carbocycles. The summed E-state index contributed by atoms with van der Waals surface area (Å²) in [4.78, 5) is 171. The molecule has 7 rings (SSSR count). The fourth-order valence-electron chi connectivity index (χ4n) is 6.89. The minimum absolute atomic E-state index is 0.118. The van der Waals surface area contributed by atoms with Crippen molar-refractivity contribution in [3.05, 3.63) is 33.5 Å². The van der Waals surface area contributed by atoms with Crippen LogP contribution in [-0.4, -0.2) is 177 Å². The number of nitrogens with zero attached hydrogens (tertiary/aromatic N) is 8. The maximum atomic E-state index is 13.7. The van der Waals surface area contributed by atoms with Crippen molar-refractivity contribution in [3.63, 3.8) is 0 Å². The number of hydrogen-bond donors (Lipinski definition) is 2. The van der Waals surface area contributed by atoms with Crippen molar-refractivity contribution in [1.29, 1.82) is 0 Å². The van der Waals surface area contributed by atoms with Crippen LogP contribution in [0.4, 0.5) is 19.2 Å². The zero-order valence-corrected chi connectivity index (χ0v) is 30.6. The quantitative estimate of drug-likeness (QED) is 0.219. The summed E-state index contributed by atoms with van der Waals surface area (Å²) in [5.41, 5.74) is -2.58. The van der Waals surface area contributed by atoms with Crippen LogP contribution in [0.15, 0.2) is 12.1 Å². The normalized spacial score (nSPS) is 19.4. The molecular weight excluding hydrogens is 740 g/mol. The molecule has 56 heavy (non-hydrogen) atoms. The van der Waals surface area contributed by atoms with Crippen molar-refractivity contribution in [1.82, 2.24) is 49.2 Å². The van der Waals surface area contributed by atoms with Gasteiger partial charge >= 0.3 is 24.1 Å². The number of fused-ring (bicyclic) bond motifs is 2. The molecule has 2 N–H and O–H groups in total. The monoisotopic (exact) mass is 768 g/mol. The van der Waals surface area contributed by atoms with Gasteiger partial charge in [-0.05, 0) is 12.1 Å². The van der Waals surface area contributed by atoms with Gasteiger partial charge in [0.25, 0.3) is 47.3 Å². The Morgan fingerprint density at radius 3 is 0.571 bits per heavy atom. The number of barbiturate groups is 4. The van der Waals surface area contributed by atoms with E-state index in [-0.39, 0.29) is 42.9 Å². The van der Waals surface area contributed by atoms with Gasteiger partial charge in [-0.3, -0.25) is 77.6 Å². The van der Waals surface area contributed by atoms with Gasteiger partial charge in [0.05, 0.1) is 21.4 Å². The second-order valence-electron chi connectivity index (χ2n) is 13.2. The summed E-state index contributed by atoms with van der Waals surface area (Å²) in [6.45, 7) is 0. The summed E-state index contributed by atoms with van der Waals surface area (Å²) in [7, 11) is 8.83. The van der Waals surface area contributed by atoms with Crippen LogP contribution in [-0.2, 0) is 38.4 Å². The van der Waals surface area contributed by atoms with Crippen molar-refractivity contribution in [2.45, 2.75) is 0 Å². The molecule has 2 aromatic heterocycles. The fraction of sp³-hybridized carbons (Fsp3) is 0.235. The summed E-state index contributed by atoms with van der Waals surface area (Å²) < 4.78 is 0. The third-order valence-electron chi connectivity index (χ3n) is 10.2. The van der Waals surface area contributed by atoms with Crippen molar-refractivity contribution < 1.29 is 57.5 Å². The van der Waals surface area contributed by atoms with Gasteiger partial charge in [-0.25, -0.2) is 19.2 Å². The predicted octanol–water partition coefficient (Wildman–Crippen LogP) is -4.55. The van der Waals surface area contributed by atoms with E-state index in [0.717, 1.165) is 56.4 Å². The molecule has 3 aromatic rings. The van der Waals surface area contributed by atoms with Crippen LogP contribution in [0.1, 0.15) is 0 Å². The van der Waals surface area contributed by atoms with Crippen LogP contribution >= 0.6 is 0 Å². The molecule has 4 aliphatic heterocycles. The van der Waals surface area contributed by atoms with Gasteiger partial charge in [0.2, 0.25) is 0 Å². The maximum Gasteiger partial charge on any atom is 0.333 e. The highest BCUT2D eigenvalue weighted by atomic mass is 16.2. The number of urea groups is 4. The average molecular weight is 769 g/mol. The van der Waals surface area contributed by atoms with Crippen molar-refractivity contribution >= 4 is 115 Å². The SMILES string of the molecule is CN1C(=O)C(=c2[nH]c(=C3C(=O)N(C)C(=O)N(C)C3=O)c3cc4c(=C5C(=O)N(C)C(=O)N(C)C5=O)[nH]c(=C5C(=O)N(C)C(=O)N(C)C5=O)c4cc23)C(=O)N(C)C1=O. The number of rotatable bonds is 0. The Morgan fingerprint density at radius 1 is 0.286 bits per heavy atom. The van der Waals surface area contributed by atoms with Gasteiger partial charge < -0.3 is 9.97 Å². The molecule has 16 amide bonds. The Hall–Kier alpha value is -7.78. The standard InChI is InChI=1S/C34H28N10O12/c1-37-23(45)15(24(46)38(2)31(37)53)19-11-9-13-14(10-12(11)20(35-19)16-25(47)39(3)32(54)40(4)26(16)48)22(18-29(51)43(7)34(56)44(8)30(18)52)36-21(13)17-27(49)41(5)33(55)42(6)28(17)50/h9-10,35-36H,1-8H3. The third kappa shape index (κ3) is 4.54. The molecule has 22 heteroatoms. The number of hydrogen-bond acceptors (Lipinski definition) is 12. The number of imide groups is 8. The summed E-state index contributed by atoms with van der Waals surface area (Å²) >= 11 is 0. The van der Waals surface area contributed by atoms with Gasteiger partial charge in [-0.2, -0.15) is 0 Å². The minimum Gasteiger partial charge on any atom is -0.353 e. The van der Waals surface area contributed by atoms with Crippen LogP contribution in [0.25, 0.3) is 43.8 Å². The number of nitrogens with one attached hydrogen (secondary N) is 2. The maximum absolute atomic E-state index is 13.7. The van der Waals surface area contributed by atoms with Gasteiger partial charge in [-0.1, -0.05) is 0 Å². The number of carbonyl (C=O) groups excluding carboxylic acids is 12. The zero-order valence-electron chi connectivity index (χ0n) is 30.6. The molecule has 6 heterocycles.